The van der Waals surface area contributed by atoms with Gasteiger partial charge in [0.15, 0.2) is 11.5 Å². The Morgan fingerprint density at radius 3 is 2.79 bits per heavy atom. The Morgan fingerprint density at radius 2 is 2.03 bits per heavy atom. The Labute approximate surface area is 174 Å². The van der Waals surface area contributed by atoms with E-state index in [4.69, 9.17) is 11.6 Å². The van der Waals surface area contributed by atoms with Crippen LogP contribution >= 0.6 is 23.1 Å². The first-order valence-corrected chi connectivity index (χ1v) is 9.67. The standard InChI is InChI=1S/C19H14ClFN6OS/c1-10-4-3-5-12(8-10)18(28)23-19-22-17(25-29-19)16-11(2)27(26-24-16)13-6-7-15(21)14(20)9-13/h3-9H,1-2H3,(H,22,23,25,28). The summed E-state index contributed by atoms with van der Waals surface area (Å²) in [5.41, 5.74) is 3.21. The first-order chi connectivity index (χ1) is 13.9. The predicted molar refractivity (Wildman–Crippen MR) is 109 cm³/mol. The average Bonchev–Trinajstić information content (AvgIpc) is 3.30. The van der Waals surface area contributed by atoms with Gasteiger partial charge in [-0.1, -0.05) is 34.5 Å². The highest BCUT2D eigenvalue weighted by molar-refractivity contribution is 7.10. The fourth-order valence-electron chi connectivity index (χ4n) is 2.72. The van der Waals surface area contributed by atoms with Gasteiger partial charge in [-0.2, -0.15) is 9.36 Å². The quantitative estimate of drug-likeness (QED) is 0.519. The minimum absolute atomic E-state index is 0.00752. The molecular formula is C19H14ClFN6OS. The third-order valence-electron chi connectivity index (χ3n) is 4.18. The summed E-state index contributed by atoms with van der Waals surface area (Å²) in [6.45, 7) is 3.71. The van der Waals surface area contributed by atoms with Gasteiger partial charge in [0, 0.05) is 17.1 Å². The molecule has 7 nitrogen and oxygen atoms in total. The van der Waals surface area contributed by atoms with Crippen molar-refractivity contribution in [1.29, 1.82) is 0 Å². The number of hydrogen-bond acceptors (Lipinski definition) is 6. The normalized spacial score (nSPS) is 10.9. The summed E-state index contributed by atoms with van der Waals surface area (Å²) < 4.78 is 19.2. The molecule has 0 aliphatic heterocycles. The molecule has 0 saturated carbocycles. The zero-order valence-electron chi connectivity index (χ0n) is 15.3. The van der Waals surface area contributed by atoms with Crippen LogP contribution in [0, 0.1) is 19.7 Å². The Morgan fingerprint density at radius 1 is 1.21 bits per heavy atom. The van der Waals surface area contributed by atoms with Gasteiger partial charge in [0.2, 0.25) is 5.13 Å². The zero-order chi connectivity index (χ0) is 20.5. The van der Waals surface area contributed by atoms with E-state index in [9.17, 15) is 9.18 Å². The van der Waals surface area contributed by atoms with Gasteiger partial charge < -0.3 is 0 Å². The number of carbonyl (C=O) groups excluding carboxylic acids is 1. The maximum Gasteiger partial charge on any atom is 0.257 e. The number of nitrogens with zero attached hydrogens (tertiary/aromatic N) is 5. The minimum atomic E-state index is -0.511. The van der Waals surface area contributed by atoms with E-state index < -0.39 is 5.82 Å². The summed E-state index contributed by atoms with van der Waals surface area (Å²) >= 11 is 6.90. The van der Waals surface area contributed by atoms with Gasteiger partial charge in [0.05, 0.1) is 16.4 Å². The smallest absolute Gasteiger partial charge is 0.257 e. The molecular weight excluding hydrogens is 415 g/mol. The van der Waals surface area contributed by atoms with Crippen molar-refractivity contribution >= 4 is 34.2 Å². The van der Waals surface area contributed by atoms with E-state index in [2.05, 4.69) is 25.0 Å². The van der Waals surface area contributed by atoms with Crippen LogP contribution in [0.5, 0.6) is 0 Å². The molecule has 0 saturated heterocycles. The largest absolute Gasteiger partial charge is 0.297 e. The Bertz CT molecular complexity index is 1220. The van der Waals surface area contributed by atoms with Gasteiger partial charge >= 0.3 is 0 Å². The lowest BCUT2D eigenvalue weighted by Crippen LogP contribution is -2.11. The lowest BCUT2D eigenvalue weighted by Gasteiger charge is -2.04. The lowest BCUT2D eigenvalue weighted by atomic mass is 10.1. The number of hydrogen-bond donors (Lipinski definition) is 1. The van der Waals surface area contributed by atoms with Crippen LogP contribution in [-0.4, -0.2) is 30.3 Å². The van der Waals surface area contributed by atoms with E-state index in [1.807, 2.05) is 19.1 Å². The Hall–Kier alpha value is -3.17. The van der Waals surface area contributed by atoms with Crippen molar-refractivity contribution in [2.24, 2.45) is 0 Å². The molecule has 0 aliphatic carbocycles. The average molecular weight is 429 g/mol. The summed E-state index contributed by atoms with van der Waals surface area (Å²) in [6.07, 6.45) is 0. The van der Waals surface area contributed by atoms with Crippen LogP contribution in [0.3, 0.4) is 0 Å². The van der Waals surface area contributed by atoms with E-state index in [1.54, 1.807) is 25.1 Å². The lowest BCUT2D eigenvalue weighted by molar-refractivity contribution is 0.102. The van der Waals surface area contributed by atoms with Crippen molar-refractivity contribution in [2.75, 3.05) is 5.32 Å². The summed E-state index contributed by atoms with van der Waals surface area (Å²) in [5, 5.41) is 11.3. The van der Waals surface area contributed by atoms with Crippen molar-refractivity contribution in [2.45, 2.75) is 13.8 Å². The van der Waals surface area contributed by atoms with Crippen molar-refractivity contribution in [1.82, 2.24) is 24.4 Å². The minimum Gasteiger partial charge on any atom is -0.297 e. The van der Waals surface area contributed by atoms with Crippen LogP contribution in [0.25, 0.3) is 17.2 Å². The van der Waals surface area contributed by atoms with Crippen molar-refractivity contribution < 1.29 is 9.18 Å². The van der Waals surface area contributed by atoms with E-state index in [-0.39, 0.29) is 10.9 Å². The number of aromatic nitrogens is 5. The fourth-order valence-corrected chi connectivity index (χ4v) is 3.46. The van der Waals surface area contributed by atoms with Crippen LogP contribution in [0.2, 0.25) is 5.02 Å². The van der Waals surface area contributed by atoms with E-state index in [1.165, 1.54) is 16.8 Å². The molecule has 2 aromatic carbocycles. The molecule has 0 radical (unpaired) electrons. The summed E-state index contributed by atoms with van der Waals surface area (Å²) in [7, 11) is 0. The third kappa shape index (κ3) is 3.87. The van der Waals surface area contributed by atoms with Crippen LogP contribution < -0.4 is 5.32 Å². The van der Waals surface area contributed by atoms with Crippen molar-refractivity contribution in [3.05, 3.63) is 70.1 Å². The summed E-state index contributed by atoms with van der Waals surface area (Å²) in [6, 6.07) is 11.5. The molecule has 0 bridgehead atoms. The molecule has 4 rings (SSSR count). The van der Waals surface area contributed by atoms with Gasteiger partial charge in [-0.05, 0) is 44.2 Å². The predicted octanol–water partition coefficient (Wildman–Crippen LogP) is 4.45. The molecule has 0 aliphatic rings. The number of nitrogens with one attached hydrogen (secondary N) is 1. The number of rotatable bonds is 4. The number of carbonyl (C=O) groups is 1. The molecule has 10 heteroatoms. The molecule has 2 heterocycles. The molecule has 146 valence electrons. The summed E-state index contributed by atoms with van der Waals surface area (Å²) in [4.78, 5) is 16.7. The first kappa shape index (κ1) is 19.2. The number of amides is 1. The van der Waals surface area contributed by atoms with Gasteiger partial charge in [-0.25, -0.2) is 9.07 Å². The highest BCUT2D eigenvalue weighted by Gasteiger charge is 2.18. The summed E-state index contributed by atoms with van der Waals surface area (Å²) in [5.74, 6) is -0.437. The zero-order valence-corrected chi connectivity index (χ0v) is 16.9. The van der Waals surface area contributed by atoms with Gasteiger partial charge in [0.25, 0.3) is 5.91 Å². The molecule has 2 aromatic heterocycles. The molecule has 4 aromatic rings. The second-order valence-corrected chi connectivity index (χ2v) is 7.44. The number of benzene rings is 2. The van der Waals surface area contributed by atoms with Crippen LogP contribution in [0.15, 0.2) is 42.5 Å². The molecule has 1 amide bonds. The Kier molecular flexibility index (Phi) is 5.08. The van der Waals surface area contributed by atoms with Gasteiger partial charge in [-0.15, -0.1) is 5.10 Å². The third-order valence-corrected chi connectivity index (χ3v) is 5.10. The van der Waals surface area contributed by atoms with Crippen LogP contribution in [0.4, 0.5) is 9.52 Å². The number of anilines is 1. The van der Waals surface area contributed by atoms with Crippen molar-refractivity contribution in [3.8, 4) is 17.2 Å². The highest BCUT2D eigenvalue weighted by atomic mass is 35.5. The molecule has 0 atom stereocenters. The van der Waals surface area contributed by atoms with E-state index in [0.717, 1.165) is 17.1 Å². The SMILES string of the molecule is Cc1cccc(C(=O)Nc2nc(-c3nnn(-c4ccc(F)c(Cl)c4)c3C)ns2)c1. The molecule has 1 N–H and O–H groups in total. The maximum atomic E-state index is 13.4. The molecule has 0 unspecified atom stereocenters. The molecule has 0 spiro atoms. The van der Waals surface area contributed by atoms with Crippen molar-refractivity contribution in [3.63, 3.8) is 0 Å². The topological polar surface area (TPSA) is 85.6 Å². The van der Waals surface area contributed by atoms with E-state index in [0.29, 0.717) is 33.6 Å². The second-order valence-electron chi connectivity index (χ2n) is 6.28. The van der Waals surface area contributed by atoms with Crippen LogP contribution in [0.1, 0.15) is 21.6 Å². The highest BCUT2D eigenvalue weighted by Crippen LogP contribution is 2.25. The Balaban J connectivity index is 1.58. The number of halogens is 2. The van der Waals surface area contributed by atoms with Crippen LogP contribution in [-0.2, 0) is 0 Å². The monoisotopic (exact) mass is 428 g/mol. The molecule has 29 heavy (non-hydrogen) atoms. The van der Waals surface area contributed by atoms with E-state index >= 15 is 0 Å². The van der Waals surface area contributed by atoms with Gasteiger partial charge in [-0.3, -0.25) is 10.1 Å². The fraction of sp³-hybridized carbons (Fsp3) is 0.105. The second kappa shape index (κ2) is 7.69. The maximum absolute atomic E-state index is 13.4. The number of aryl methyl sites for hydroxylation is 1. The molecule has 0 fully saturated rings. The first-order valence-electron chi connectivity index (χ1n) is 8.52. The van der Waals surface area contributed by atoms with Gasteiger partial charge in [0.1, 0.15) is 5.82 Å².